The summed E-state index contributed by atoms with van der Waals surface area (Å²) in [7, 11) is 1.71. The van der Waals surface area contributed by atoms with Gasteiger partial charge in [-0.2, -0.15) is 5.26 Å². The van der Waals surface area contributed by atoms with Crippen molar-refractivity contribution in [1.82, 2.24) is 15.2 Å². The molecule has 0 aliphatic carbocycles. The normalized spacial score (nSPS) is 21.4. The first-order valence-corrected chi connectivity index (χ1v) is 11.6. The van der Waals surface area contributed by atoms with Crippen LogP contribution in [0.15, 0.2) is 36.5 Å². The highest BCUT2D eigenvalue weighted by atomic mass is 35.5. The first-order valence-electron chi connectivity index (χ1n) is 11.6. The maximum atomic E-state index is 13.5. The molecule has 3 heterocycles. The minimum Gasteiger partial charge on any atom is -0.383 e. The Labute approximate surface area is 208 Å². The molecular weight excluding hydrogens is 450 g/mol. The standard InChI is InChI=1S/C26H33N5O2.ClH/c1-18-14-30(22(12-28-18)16-33-4)15-25(32)31-17-26(2,3)23-13-29-21(10-24(23)31)9-19-6-5-7-20(8-19)11-27;/h5-8,10,13,18,22,28H,9,12,14-17H2,1-4H3;1H/t18-,22-;/m1./s1. The number of carbonyl (C=O) groups is 1. The summed E-state index contributed by atoms with van der Waals surface area (Å²) >= 11 is 0. The number of rotatable bonds is 6. The van der Waals surface area contributed by atoms with E-state index in [4.69, 9.17) is 9.72 Å². The lowest BCUT2D eigenvalue weighted by Gasteiger charge is -2.39. The van der Waals surface area contributed by atoms with Crippen LogP contribution >= 0.6 is 12.4 Å². The van der Waals surface area contributed by atoms with Crippen LogP contribution in [0.2, 0.25) is 0 Å². The summed E-state index contributed by atoms with van der Waals surface area (Å²) in [6.45, 7) is 9.74. The third-order valence-corrected chi connectivity index (χ3v) is 6.68. The van der Waals surface area contributed by atoms with E-state index in [2.05, 4.69) is 37.1 Å². The highest BCUT2D eigenvalue weighted by Gasteiger charge is 2.39. The fraction of sp³-hybridized carbons (Fsp3) is 0.500. The van der Waals surface area contributed by atoms with Crippen LogP contribution in [-0.4, -0.2) is 67.8 Å². The van der Waals surface area contributed by atoms with Gasteiger partial charge in [0.2, 0.25) is 5.91 Å². The minimum absolute atomic E-state index is 0. The van der Waals surface area contributed by atoms with Gasteiger partial charge in [-0.3, -0.25) is 14.7 Å². The fourth-order valence-corrected chi connectivity index (χ4v) is 4.92. The number of fused-ring (bicyclic) bond motifs is 1. The van der Waals surface area contributed by atoms with Crippen LogP contribution in [-0.2, 0) is 21.4 Å². The fourth-order valence-electron chi connectivity index (χ4n) is 4.92. The van der Waals surface area contributed by atoms with Gasteiger partial charge in [-0.25, -0.2) is 0 Å². The zero-order chi connectivity index (χ0) is 23.6. The van der Waals surface area contributed by atoms with Gasteiger partial charge < -0.3 is 15.0 Å². The molecule has 1 aromatic carbocycles. The average molecular weight is 484 g/mol. The van der Waals surface area contributed by atoms with Crippen molar-refractivity contribution in [3.63, 3.8) is 0 Å². The lowest BCUT2D eigenvalue weighted by Crippen LogP contribution is -2.59. The second-order valence-electron chi connectivity index (χ2n) is 9.89. The molecule has 2 aliphatic rings. The molecule has 182 valence electrons. The molecule has 1 N–H and O–H groups in total. The van der Waals surface area contributed by atoms with Crippen molar-refractivity contribution in [2.24, 2.45) is 0 Å². The Bertz CT molecular complexity index is 1070. The summed E-state index contributed by atoms with van der Waals surface area (Å²) in [5.74, 6) is 0.112. The van der Waals surface area contributed by atoms with Crippen molar-refractivity contribution >= 4 is 24.0 Å². The van der Waals surface area contributed by atoms with Crippen LogP contribution in [0.4, 0.5) is 5.69 Å². The highest BCUT2D eigenvalue weighted by molar-refractivity contribution is 5.97. The molecule has 7 nitrogen and oxygen atoms in total. The summed E-state index contributed by atoms with van der Waals surface area (Å²) in [6.07, 6.45) is 2.54. The number of hydrogen-bond donors (Lipinski definition) is 1. The highest BCUT2D eigenvalue weighted by Crippen LogP contribution is 2.40. The molecule has 0 radical (unpaired) electrons. The summed E-state index contributed by atoms with van der Waals surface area (Å²) in [5, 5.41) is 12.7. The van der Waals surface area contributed by atoms with Crippen molar-refractivity contribution < 1.29 is 9.53 Å². The number of piperazine rings is 1. The lowest BCUT2D eigenvalue weighted by molar-refractivity contribution is -0.121. The molecule has 1 fully saturated rings. The largest absolute Gasteiger partial charge is 0.383 e. The van der Waals surface area contributed by atoms with Crippen molar-refractivity contribution in [3.05, 3.63) is 58.9 Å². The van der Waals surface area contributed by atoms with Gasteiger partial charge in [0.1, 0.15) is 0 Å². The van der Waals surface area contributed by atoms with Gasteiger partial charge in [0, 0.05) is 68.1 Å². The molecule has 0 spiro atoms. The van der Waals surface area contributed by atoms with Crippen LogP contribution in [0, 0.1) is 11.3 Å². The summed E-state index contributed by atoms with van der Waals surface area (Å²) in [5.41, 5.74) is 4.48. The van der Waals surface area contributed by atoms with Crippen molar-refractivity contribution in [1.29, 1.82) is 5.26 Å². The number of pyridine rings is 1. The van der Waals surface area contributed by atoms with Crippen LogP contribution in [0.1, 0.15) is 43.2 Å². The Morgan fingerprint density at radius 2 is 2.15 bits per heavy atom. The molecule has 0 unspecified atom stereocenters. The molecule has 1 aromatic heterocycles. The van der Waals surface area contributed by atoms with E-state index in [1.165, 1.54) is 0 Å². The van der Waals surface area contributed by atoms with Gasteiger partial charge in [-0.05, 0) is 30.7 Å². The Kier molecular flexibility index (Phi) is 8.32. The third-order valence-electron chi connectivity index (χ3n) is 6.68. The number of nitrogens with zero attached hydrogens (tertiary/aromatic N) is 4. The van der Waals surface area contributed by atoms with Gasteiger partial charge in [0.25, 0.3) is 0 Å². The van der Waals surface area contributed by atoms with E-state index in [0.29, 0.717) is 37.7 Å². The van der Waals surface area contributed by atoms with E-state index in [9.17, 15) is 10.1 Å². The number of anilines is 1. The number of amides is 1. The van der Waals surface area contributed by atoms with E-state index in [1.54, 1.807) is 13.2 Å². The molecule has 8 heteroatoms. The van der Waals surface area contributed by atoms with E-state index in [-0.39, 0.29) is 29.8 Å². The molecule has 1 saturated heterocycles. The quantitative estimate of drug-likeness (QED) is 0.680. The van der Waals surface area contributed by atoms with Crippen molar-refractivity contribution in [2.75, 3.05) is 44.8 Å². The molecule has 34 heavy (non-hydrogen) atoms. The Hall–Kier alpha value is -2.50. The SMILES string of the molecule is COC[C@H]1CN[C@H](C)CN1CC(=O)N1CC(C)(C)c2cnc(Cc3cccc(C#N)c3)cc21.Cl. The summed E-state index contributed by atoms with van der Waals surface area (Å²) in [4.78, 5) is 22.4. The number of nitriles is 1. The predicted octanol–water partition coefficient (Wildman–Crippen LogP) is 2.90. The molecule has 2 atom stereocenters. The van der Waals surface area contributed by atoms with Crippen LogP contribution in [0.25, 0.3) is 0 Å². The van der Waals surface area contributed by atoms with Gasteiger partial charge in [-0.15, -0.1) is 12.4 Å². The molecule has 2 aromatic rings. The lowest BCUT2D eigenvalue weighted by atomic mass is 9.88. The molecule has 0 bridgehead atoms. The second-order valence-corrected chi connectivity index (χ2v) is 9.89. The van der Waals surface area contributed by atoms with E-state index in [1.807, 2.05) is 35.4 Å². The van der Waals surface area contributed by atoms with Gasteiger partial charge >= 0.3 is 0 Å². The summed E-state index contributed by atoms with van der Waals surface area (Å²) < 4.78 is 5.40. The van der Waals surface area contributed by atoms with Crippen LogP contribution in [0.3, 0.4) is 0 Å². The number of benzene rings is 1. The smallest absolute Gasteiger partial charge is 0.241 e. The maximum absolute atomic E-state index is 13.5. The monoisotopic (exact) mass is 483 g/mol. The molecule has 1 amide bonds. The van der Waals surface area contributed by atoms with Gasteiger partial charge in [0.05, 0.1) is 30.5 Å². The number of methoxy groups -OCH3 is 1. The zero-order valence-electron chi connectivity index (χ0n) is 20.4. The third kappa shape index (κ3) is 5.59. The number of ether oxygens (including phenoxy) is 1. The van der Waals surface area contributed by atoms with E-state index >= 15 is 0 Å². The number of aromatic nitrogens is 1. The zero-order valence-corrected chi connectivity index (χ0v) is 21.2. The van der Waals surface area contributed by atoms with Crippen molar-refractivity contribution in [3.8, 4) is 6.07 Å². The Morgan fingerprint density at radius 1 is 1.35 bits per heavy atom. The van der Waals surface area contributed by atoms with Gasteiger partial charge in [0.15, 0.2) is 0 Å². The second kappa shape index (κ2) is 10.8. The Morgan fingerprint density at radius 3 is 2.88 bits per heavy atom. The van der Waals surface area contributed by atoms with E-state index in [0.717, 1.165) is 35.6 Å². The topological polar surface area (TPSA) is 81.5 Å². The first kappa shape index (κ1) is 26.1. The first-order chi connectivity index (χ1) is 15.8. The van der Waals surface area contributed by atoms with Gasteiger partial charge in [-0.1, -0.05) is 26.0 Å². The number of carbonyl (C=O) groups excluding carboxylic acids is 1. The average Bonchev–Trinajstić information content (AvgIpc) is 3.06. The Balaban J connectivity index is 0.00000324. The van der Waals surface area contributed by atoms with E-state index < -0.39 is 0 Å². The number of nitrogens with one attached hydrogen (secondary N) is 1. The molecule has 4 rings (SSSR count). The molecule has 2 aliphatic heterocycles. The minimum atomic E-state index is -0.153. The molecular formula is C26H34ClN5O2. The summed E-state index contributed by atoms with van der Waals surface area (Å²) in [6, 6.07) is 12.4. The number of halogens is 1. The number of hydrogen-bond acceptors (Lipinski definition) is 6. The van der Waals surface area contributed by atoms with Crippen molar-refractivity contribution in [2.45, 2.75) is 44.7 Å². The maximum Gasteiger partial charge on any atom is 0.241 e. The molecule has 0 saturated carbocycles. The van der Waals surface area contributed by atoms with Crippen LogP contribution in [0.5, 0.6) is 0 Å². The predicted molar refractivity (Wildman–Crippen MR) is 136 cm³/mol. The van der Waals surface area contributed by atoms with Crippen LogP contribution < -0.4 is 10.2 Å².